The summed E-state index contributed by atoms with van der Waals surface area (Å²) in [5.41, 5.74) is 1.63. The largest absolute Gasteiger partial charge is 0.420 e. The summed E-state index contributed by atoms with van der Waals surface area (Å²) < 4.78 is 11.1. The van der Waals surface area contributed by atoms with Crippen molar-refractivity contribution in [3.8, 4) is 22.8 Å². The first kappa shape index (κ1) is 16.4. The van der Waals surface area contributed by atoms with Gasteiger partial charge in [-0.15, -0.1) is 10.2 Å². The second kappa shape index (κ2) is 7.05. The van der Waals surface area contributed by atoms with Crippen molar-refractivity contribution in [1.82, 2.24) is 25.3 Å². The molecule has 0 aliphatic heterocycles. The van der Waals surface area contributed by atoms with Crippen LogP contribution in [0.15, 0.2) is 57.7 Å². The van der Waals surface area contributed by atoms with E-state index in [1.165, 1.54) is 0 Å². The fourth-order valence-corrected chi connectivity index (χ4v) is 2.67. The molecule has 0 spiro atoms. The van der Waals surface area contributed by atoms with Crippen molar-refractivity contribution >= 4 is 11.6 Å². The fourth-order valence-electron chi connectivity index (χ4n) is 2.48. The SMILES string of the molecule is CC(Cc1nc(-c2cccc(Cl)c2)no1)c1nnc(-c2ccncc2)o1. The van der Waals surface area contributed by atoms with E-state index in [2.05, 4.69) is 25.3 Å². The molecule has 0 fully saturated rings. The van der Waals surface area contributed by atoms with E-state index >= 15 is 0 Å². The van der Waals surface area contributed by atoms with Gasteiger partial charge in [-0.1, -0.05) is 35.8 Å². The van der Waals surface area contributed by atoms with Crippen molar-refractivity contribution in [2.75, 3.05) is 0 Å². The zero-order valence-electron chi connectivity index (χ0n) is 13.8. The van der Waals surface area contributed by atoms with Crippen LogP contribution in [0.5, 0.6) is 0 Å². The summed E-state index contributed by atoms with van der Waals surface area (Å²) >= 11 is 6.00. The molecular formula is C18H14ClN5O2. The summed E-state index contributed by atoms with van der Waals surface area (Å²) in [5, 5.41) is 12.8. The number of aromatic nitrogens is 5. The molecule has 0 aliphatic rings. The van der Waals surface area contributed by atoms with Crippen LogP contribution < -0.4 is 0 Å². The molecule has 0 saturated heterocycles. The van der Waals surface area contributed by atoms with Crippen LogP contribution in [0.25, 0.3) is 22.8 Å². The number of nitrogens with zero attached hydrogens (tertiary/aromatic N) is 5. The average molecular weight is 368 g/mol. The van der Waals surface area contributed by atoms with Crippen LogP contribution >= 0.6 is 11.6 Å². The van der Waals surface area contributed by atoms with Crippen LogP contribution in [-0.4, -0.2) is 25.3 Å². The fraction of sp³-hybridized carbons (Fsp3) is 0.167. The van der Waals surface area contributed by atoms with E-state index in [-0.39, 0.29) is 5.92 Å². The van der Waals surface area contributed by atoms with Gasteiger partial charge in [0, 0.05) is 40.9 Å². The van der Waals surface area contributed by atoms with Gasteiger partial charge >= 0.3 is 0 Å². The molecule has 1 unspecified atom stereocenters. The highest BCUT2D eigenvalue weighted by Gasteiger charge is 2.19. The highest BCUT2D eigenvalue weighted by atomic mass is 35.5. The lowest BCUT2D eigenvalue weighted by Gasteiger charge is -2.01. The van der Waals surface area contributed by atoms with E-state index < -0.39 is 0 Å². The molecule has 3 aromatic heterocycles. The molecule has 0 radical (unpaired) electrons. The Bertz CT molecular complexity index is 1020. The van der Waals surface area contributed by atoms with E-state index in [0.29, 0.717) is 34.9 Å². The molecule has 0 saturated carbocycles. The van der Waals surface area contributed by atoms with Crippen LogP contribution in [-0.2, 0) is 6.42 Å². The molecule has 26 heavy (non-hydrogen) atoms. The van der Waals surface area contributed by atoms with Gasteiger partial charge in [0.15, 0.2) is 0 Å². The van der Waals surface area contributed by atoms with Gasteiger partial charge in [0.2, 0.25) is 23.5 Å². The summed E-state index contributed by atoms with van der Waals surface area (Å²) in [6.07, 6.45) is 3.85. The van der Waals surface area contributed by atoms with E-state index in [9.17, 15) is 0 Å². The molecule has 0 amide bonds. The zero-order valence-corrected chi connectivity index (χ0v) is 14.6. The normalized spacial score (nSPS) is 12.2. The van der Waals surface area contributed by atoms with Crippen LogP contribution in [0.2, 0.25) is 5.02 Å². The maximum Gasteiger partial charge on any atom is 0.247 e. The van der Waals surface area contributed by atoms with E-state index in [0.717, 1.165) is 11.1 Å². The first-order valence-electron chi connectivity index (χ1n) is 8.01. The Kier molecular flexibility index (Phi) is 4.45. The molecule has 1 atom stereocenters. The lowest BCUT2D eigenvalue weighted by atomic mass is 10.1. The maximum atomic E-state index is 6.00. The highest BCUT2D eigenvalue weighted by Crippen LogP contribution is 2.25. The van der Waals surface area contributed by atoms with Crippen molar-refractivity contribution in [1.29, 1.82) is 0 Å². The predicted octanol–water partition coefficient (Wildman–Crippen LogP) is 4.18. The minimum atomic E-state index is -0.0641. The quantitative estimate of drug-likeness (QED) is 0.522. The molecule has 130 valence electrons. The summed E-state index contributed by atoms with van der Waals surface area (Å²) in [6, 6.07) is 10.9. The number of pyridine rings is 1. The number of hydrogen-bond acceptors (Lipinski definition) is 7. The lowest BCUT2D eigenvalue weighted by Crippen LogP contribution is -1.99. The zero-order chi connectivity index (χ0) is 17.9. The minimum Gasteiger partial charge on any atom is -0.420 e. The third-order valence-electron chi connectivity index (χ3n) is 3.82. The predicted molar refractivity (Wildman–Crippen MR) is 94.4 cm³/mol. The van der Waals surface area contributed by atoms with Crippen molar-refractivity contribution < 1.29 is 8.94 Å². The molecule has 0 aliphatic carbocycles. The summed E-state index contributed by atoms with van der Waals surface area (Å²) in [5.74, 6) is 1.90. The van der Waals surface area contributed by atoms with Gasteiger partial charge in [-0.2, -0.15) is 4.98 Å². The second-order valence-electron chi connectivity index (χ2n) is 5.81. The van der Waals surface area contributed by atoms with Crippen molar-refractivity contribution in [3.05, 3.63) is 65.6 Å². The van der Waals surface area contributed by atoms with Crippen LogP contribution in [0, 0.1) is 0 Å². The van der Waals surface area contributed by atoms with Crippen LogP contribution in [0.1, 0.15) is 24.6 Å². The Balaban J connectivity index is 1.49. The molecule has 0 N–H and O–H groups in total. The van der Waals surface area contributed by atoms with E-state index in [4.69, 9.17) is 20.5 Å². The molecular weight excluding hydrogens is 354 g/mol. The third kappa shape index (κ3) is 3.48. The number of halogens is 1. The summed E-state index contributed by atoms with van der Waals surface area (Å²) in [6.45, 7) is 1.97. The molecule has 4 aromatic rings. The topological polar surface area (TPSA) is 90.7 Å². The van der Waals surface area contributed by atoms with Crippen molar-refractivity contribution in [3.63, 3.8) is 0 Å². The standard InChI is InChI=1S/C18H14ClN5O2/c1-11(17-22-23-18(25-17)12-5-7-20-8-6-12)9-15-21-16(24-26-15)13-3-2-4-14(19)10-13/h2-8,10-11H,9H2,1H3. The average Bonchev–Trinajstić information content (AvgIpc) is 3.32. The highest BCUT2D eigenvalue weighted by molar-refractivity contribution is 6.30. The molecule has 0 bridgehead atoms. The molecule has 4 rings (SSSR count). The van der Waals surface area contributed by atoms with Gasteiger partial charge in [-0.25, -0.2) is 0 Å². The molecule has 3 heterocycles. The molecule has 7 nitrogen and oxygen atoms in total. The van der Waals surface area contributed by atoms with Crippen molar-refractivity contribution in [2.45, 2.75) is 19.3 Å². The second-order valence-corrected chi connectivity index (χ2v) is 6.25. The summed E-state index contributed by atoms with van der Waals surface area (Å²) in [4.78, 5) is 8.39. The van der Waals surface area contributed by atoms with E-state index in [1.807, 2.05) is 31.2 Å². The first-order chi connectivity index (χ1) is 12.7. The van der Waals surface area contributed by atoms with E-state index in [1.54, 1.807) is 24.5 Å². The first-order valence-corrected chi connectivity index (χ1v) is 8.39. The smallest absolute Gasteiger partial charge is 0.247 e. The Hall–Kier alpha value is -3.06. The van der Waals surface area contributed by atoms with Gasteiger partial charge in [0.1, 0.15) is 0 Å². The monoisotopic (exact) mass is 367 g/mol. The lowest BCUT2D eigenvalue weighted by molar-refractivity contribution is 0.360. The molecule has 8 heteroatoms. The summed E-state index contributed by atoms with van der Waals surface area (Å²) in [7, 11) is 0. The Morgan fingerprint density at radius 3 is 2.73 bits per heavy atom. The minimum absolute atomic E-state index is 0.0641. The number of hydrogen-bond donors (Lipinski definition) is 0. The van der Waals surface area contributed by atoms with Gasteiger partial charge < -0.3 is 8.94 Å². The van der Waals surface area contributed by atoms with Crippen LogP contribution in [0.3, 0.4) is 0 Å². The number of benzene rings is 1. The maximum absolute atomic E-state index is 6.00. The van der Waals surface area contributed by atoms with Gasteiger partial charge in [-0.3, -0.25) is 4.98 Å². The third-order valence-corrected chi connectivity index (χ3v) is 4.06. The van der Waals surface area contributed by atoms with Crippen LogP contribution in [0.4, 0.5) is 0 Å². The molecule has 1 aromatic carbocycles. The Morgan fingerprint density at radius 1 is 1.08 bits per heavy atom. The van der Waals surface area contributed by atoms with Gasteiger partial charge in [-0.05, 0) is 24.3 Å². The Morgan fingerprint density at radius 2 is 1.92 bits per heavy atom. The Labute approximate surface area is 154 Å². The van der Waals surface area contributed by atoms with Crippen molar-refractivity contribution in [2.24, 2.45) is 0 Å². The van der Waals surface area contributed by atoms with Gasteiger partial charge in [0.05, 0.1) is 0 Å². The number of rotatable bonds is 5. The van der Waals surface area contributed by atoms with Gasteiger partial charge in [0.25, 0.3) is 0 Å².